The van der Waals surface area contributed by atoms with Crippen LogP contribution in [0.4, 0.5) is 0 Å². The number of nitrogens with zero attached hydrogens (tertiary/aromatic N) is 2. The summed E-state index contributed by atoms with van der Waals surface area (Å²) in [6.07, 6.45) is 1.73. The van der Waals surface area contributed by atoms with Gasteiger partial charge in [0, 0.05) is 16.9 Å². The number of allylic oxidation sites excluding steroid dienone is 1. The standard InChI is InChI=1S/C9H12N2O5/c1-6(2)9(11(15)16)5-7(10(13)14)3-4-8(9)12/h3-6,8,12H,1-2H3. The van der Waals surface area contributed by atoms with Crippen molar-refractivity contribution in [3.05, 3.63) is 44.2 Å². The summed E-state index contributed by atoms with van der Waals surface area (Å²) in [7, 11) is 0. The van der Waals surface area contributed by atoms with E-state index in [1.54, 1.807) is 13.8 Å². The second-order valence-corrected chi connectivity index (χ2v) is 3.93. The molecule has 2 atom stereocenters. The second-order valence-electron chi connectivity index (χ2n) is 3.93. The molecule has 0 aliphatic heterocycles. The summed E-state index contributed by atoms with van der Waals surface area (Å²) in [5.74, 6) is -0.558. The van der Waals surface area contributed by atoms with Gasteiger partial charge in [0.2, 0.25) is 0 Å². The molecule has 0 heterocycles. The zero-order chi connectivity index (χ0) is 12.5. The molecule has 16 heavy (non-hydrogen) atoms. The Labute approximate surface area is 91.4 Å². The van der Waals surface area contributed by atoms with Crippen molar-refractivity contribution in [1.29, 1.82) is 0 Å². The summed E-state index contributed by atoms with van der Waals surface area (Å²) in [6, 6.07) is 0. The Balaban J connectivity index is 3.32. The van der Waals surface area contributed by atoms with Crippen molar-refractivity contribution in [2.24, 2.45) is 5.92 Å². The van der Waals surface area contributed by atoms with E-state index in [-0.39, 0.29) is 5.70 Å². The van der Waals surface area contributed by atoms with Crippen molar-refractivity contribution in [1.82, 2.24) is 0 Å². The molecule has 0 aromatic heterocycles. The van der Waals surface area contributed by atoms with Crippen molar-refractivity contribution in [3.63, 3.8) is 0 Å². The first-order chi connectivity index (χ1) is 7.32. The minimum Gasteiger partial charge on any atom is -0.381 e. The minimum atomic E-state index is -1.82. The molecule has 7 heteroatoms. The largest absolute Gasteiger partial charge is 0.381 e. The van der Waals surface area contributed by atoms with E-state index < -0.39 is 27.4 Å². The summed E-state index contributed by atoms with van der Waals surface area (Å²) in [5.41, 5.74) is -2.19. The van der Waals surface area contributed by atoms with Crippen LogP contribution in [0.2, 0.25) is 0 Å². The maximum atomic E-state index is 11.0. The molecule has 0 aromatic rings. The second kappa shape index (κ2) is 4.01. The van der Waals surface area contributed by atoms with Crippen molar-refractivity contribution in [3.8, 4) is 0 Å². The van der Waals surface area contributed by atoms with Crippen LogP contribution in [-0.4, -0.2) is 26.6 Å². The lowest BCUT2D eigenvalue weighted by Crippen LogP contribution is -2.52. The van der Waals surface area contributed by atoms with Gasteiger partial charge in [-0.25, -0.2) is 0 Å². The minimum absolute atomic E-state index is 0.365. The van der Waals surface area contributed by atoms with Gasteiger partial charge in [-0.1, -0.05) is 13.8 Å². The highest BCUT2D eigenvalue weighted by atomic mass is 16.6. The fourth-order valence-corrected chi connectivity index (χ4v) is 1.71. The highest BCUT2D eigenvalue weighted by Gasteiger charge is 2.53. The molecule has 2 unspecified atom stereocenters. The van der Waals surface area contributed by atoms with E-state index in [1.807, 2.05) is 0 Å². The van der Waals surface area contributed by atoms with E-state index in [2.05, 4.69) is 0 Å². The molecule has 0 amide bonds. The summed E-state index contributed by atoms with van der Waals surface area (Å²) in [4.78, 5) is 20.2. The highest BCUT2D eigenvalue weighted by Crippen LogP contribution is 2.32. The molecule has 88 valence electrons. The van der Waals surface area contributed by atoms with E-state index in [9.17, 15) is 25.3 Å². The quantitative estimate of drug-likeness (QED) is 0.566. The molecule has 1 aliphatic rings. The Bertz CT molecular complexity index is 387. The summed E-state index contributed by atoms with van der Waals surface area (Å²) in [5, 5.41) is 31.3. The van der Waals surface area contributed by atoms with Gasteiger partial charge in [-0.15, -0.1) is 0 Å². The van der Waals surface area contributed by atoms with E-state index in [1.165, 1.54) is 0 Å². The van der Waals surface area contributed by atoms with Crippen molar-refractivity contribution >= 4 is 0 Å². The summed E-state index contributed by atoms with van der Waals surface area (Å²) in [6.45, 7) is 3.08. The normalized spacial score (nSPS) is 29.0. The number of hydrogen-bond acceptors (Lipinski definition) is 5. The van der Waals surface area contributed by atoms with E-state index in [0.29, 0.717) is 0 Å². The first-order valence-electron chi connectivity index (χ1n) is 4.70. The fraction of sp³-hybridized carbons (Fsp3) is 0.556. The highest BCUT2D eigenvalue weighted by molar-refractivity contribution is 5.27. The van der Waals surface area contributed by atoms with E-state index in [4.69, 9.17) is 0 Å². The van der Waals surface area contributed by atoms with Crippen LogP contribution in [0.3, 0.4) is 0 Å². The average Bonchev–Trinajstić information content (AvgIpc) is 2.16. The van der Waals surface area contributed by atoms with Gasteiger partial charge >= 0.3 is 0 Å². The molecule has 0 saturated carbocycles. The number of hydrogen-bond donors (Lipinski definition) is 1. The monoisotopic (exact) mass is 228 g/mol. The van der Waals surface area contributed by atoms with Crippen LogP contribution in [0.1, 0.15) is 13.8 Å². The Kier molecular flexibility index (Phi) is 3.09. The van der Waals surface area contributed by atoms with Gasteiger partial charge in [0.1, 0.15) is 6.10 Å². The third-order valence-corrected chi connectivity index (χ3v) is 2.75. The van der Waals surface area contributed by atoms with Crippen LogP contribution < -0.4 is 0 Å². The van der Waals surface area contributed by atoms with Crippen molar-refractivity contribution in [2.75, 3.05) is 0 Å². The Hall–Kier alpha value is -1.76. The Morgan fingerprint density at radius 3 is 2.38 bits per heavy atom. The predicted molar refractivity (Wildman–Crippen MR) is 54.8 cm³/mol. The predicted octanol–water partition coefficient (Wildman–Crippen LogP) is 0.749. The third kappa shape index (κ3) is 1.69. The average molecular weight is 228 g/mol. The maximum absolute atomic E-state index is 11.0. The van der Waals surface area contributed by atoms with Gasteiger partial charge in [-0.2, -0.15) is 0 Å². The molecule has 1 N–H and O–H groups in total. The SMILES string of the molecule is CC(C)C1([N+](=O)[O-])C=C([N+](=O)[O-])C=CC1O. The molecule has 0 saturated heterocycles. The number of aliphatic hydroxyl groups excluding tert-OH is 1. The molecule has 0 bridgehead atoms. The van der Waals surface area contributed by atoms with Gasteiger partial charge in [0.15, 0.2) is 0 Å². The lowest BCUT2D eigenvalue weighted by molar-refractivity contribution is -0.576. The van der Waals surface area contributed by atoms with E-state index in [0.717, 1.165) is 18.2 Å². The molecule has 1 rings (SSSR count). The van der Waals surface area contributed by atoms with Gasteiger partial charge in [-0.3, -0.25) is 20.2 Å². The lowest BCUT2D eigenvalue weighted by atomic mass is 9.78. The van der Waals surface area contributed by atoms with E-state index >= 15 is 0 Å². The lowest BCUT2D eigenvalue weighted by Gasteiger charge is -2.30. The van der Waals surface area contributed by atoms with Crippen molar-refractivity contribution in [2.45, 2.75) is 25.5 Å². The van der Waals surface area contributed by atoms with Gasteiger partial charge in [0.25, 0.3) is 11.2 Å². The molecule has 0 radical (unpaired) electrons. The van der Waals surface area contributed by atoms with Gasteiger partial charge in [0.05, 0.1) is 11.0 Å². The molecule has 7 nitrogen and oxygen atoms in total. The first-order valence-corrected chi connectivity index (χ1v) is 4.70. The third-order valence-electron chi connectivity index (χ3n) is 2.75. The topological polar surface area (TPSA) is 107 Å². The summed E-state index contributed by atoms with van der Waals surface area (Å²) < 4.78 is 0. The molecular weight excluding hydrogens is 216 g/mol. The van der Waals surface area contributed by atoms with Gasteiger partial charge in [-0.05, 0) is 6.08 Å². The fourth-order valence-electron chi connectivity index (χ4n) is 1.71. The molecule has 0 aromatic carbocycles. The zero-order valence-corrected chi connectivity index (χ0v) is 8.86. The van der Waals surface area contributed by atoms with Crippen molar-refractivity contribution < 1.29 is 15.0 Å². The summed E-state index contributed by atoms with van der Waals surface area (Å²) >= 11 is 0. The molecule has 0 fully saturated rings. The smallest absolute Gasteiger partial charge is 0.278 e. The van der Waals surface area contributed by atoms with Crippen LogP contribution >= 0.6 is 0 Å². The molecule has 0 spiro atoms. The molecule has 1 aliphatic carbocycles. The number of rotatable bonds is 3. The van der Waals surface area contributed by atoms with Crippen LogP contribution in [0.5, 0.6) is 0 Å². The first kappa shape index (κ1) is 12.3. The number of nitro groups is 2. The van der Waals surface area contributed by atoms with Crippen LogP contribution in [-0.2, 0) is 0 Å². The van der Waals surface area contributed by atoms with Crippen LogP contribution in [0.15, 0.2) is 23.9 Å². The Morgan fingerprint density at radius 2 is 2.00 bits per heavy atom. The molecular formula is C9H12N2O5. The van der Waals surface area contributed by atoms with Crippen LogP contribution in [0, 0.1) is 26.1 Å². The zero-order valence-electron chi connectivity index (χ0n) is 8.86. The Morgan fingerprint density at radius 1 is 1.44 bits per heavy atom. The maximum Gasteiger partial charge on any atom is 0.278 e. The number of aliphatic hydroxyl groups is 1. The van der Waals surface area contributed by atoms with Gasteiger partial charge < -0.3 is 5.11 Å². The van der Waals surface area contributed by atoms with Crippen LogP contribution in [0.25, 0.3) is 0 Å².